The van der Waals surface area contributed by atoms with E-state index in [2.05, 4.69) is 91.5 Å². The number of amides is 12. The Labute approximate surface area is 742 Å². The highest BCUT2D eigenvalue weighted by molar-refractivity contribution is 6.16. The first-order chi connectivity index (χ1) is 60.3. The standard InChI is InChI=1S/C104H136N10O12/c1-13-37-93(55-97(41-17-5)63-98(56-93,42-18-6)86(120)109-85(97)119)81(115)105-69-29-33-77-73(49-69)74-50-70(106-82(116)94(38-14-2)57-99(43-19-7)64-100(58-94,44-20-8)88(122)110-87(99)121)30-34-78(74)113(77)53-67-27-25-26-28-68(67)54-114-79-35-31-71(107-83(117)95(39-15-3)59-101(45-21-9)65-102(60-95,46-22-10)90(124)111-89(101)123)51-75(79)76-52-72(32-36-80(76)114)108-84(118)96(40-16-4)61-103(47-23-11)66-104(62-96,48-24-12)92(126)112-91(103)125/h25-36,49-52H,13-24,37-48,53-66H2,1-12H3,(H,105,115)(H,106,116)(H,107,117)(H,108,118)(H,109,119,120)(H,110,121,122)(H,111,123,124)(H,112,125,126)/t93?,94?,95?,96?,97-,98+,99-,100+,101-,102+,103-,104+. The van der Waals surface area contributed by atoms with Gasteiger partial charge in [0.1, 0.15) is 0 Å². The van der Waals surface area contributed by atoms with E-state index in [0.717, 1.165) is 54.7 Å². The number of hydrogen-bond acceptors (Lipinski definition) is 12. The molecule has 4 saturated carbocycles. The first kappa shape index (κ1) is 90.9. The summed E-state index contributed by atoms with van der Waals surface area (Å²) in [6.45, 7) is 25.3. The number of imide groups is 4. The third kappa shape index (κ3) is 15.3. The number of rotatable bonds is 36. The van der Waals surface area contributed by atoms with Crippen LogP contribution in [0.25, 0.3) is 43.6 Å². The molecule has 22 heteroatoms. The number of nitrogens with one attached hydrogen (secondary N) is 8. The van der Waals surface area contributed by atoms with Crippen molar-refractivity contribution in [2.24, 2.45) is 65.0 Å². The van der Waals surface area contributed by atoms with Gasteiger partial charge in [-0.05, 0) is 238 Å². The molecule has 0 radical (unpaired) electrons. The second kappa shape index (κ2) is 34.6. The van der Waals surface area contributed by atoms with E-state index in [-0.39, 0.29) is 70.9 Å². The molecule has 8 fully saturated rings. The molecule has 12 atom stereocenters. The van der Waals surface area contributed by atoms with E-state index in [9.17, 15) is 38.4 Å². The number of aromatic nitrogens is 2. The van der Waals surface area contributed by atoms with E-state index >= 15 is 19.2 Å². The van der Waals surface area contributed by atoms with E-state index in [0.29, 0.717) is 267 Å². The van der Waals surface area contributed by atoms with Crippen molar-refractivity contribution in [3.05, 3.63) is 108 Å². The molecule has 7 aromatic rings. The first-order valence-electron chi connectivity index (χ1n) is 48.2. The molecule has 6 heterocycles. The maximum atomic E-state index is 15.8. The molecule has 4 aliphatic carbocycles. The Morgan fingerprint density at radius 1 is 0.254 bits per heavy atom. The summed E-state index contributed by atoms with van der Waals surface area (Å²) in [5.74, 6) is -3.26. The van der Waals surface area contributed by atoms with E-state index in [1.165, 1.54) is 0 Å². The largest absolute Gasteiger partial charge is 0.336 e. The Hall–Kier alpha value is -9.86. The summed E-state index contributed by atoms with van der Waals surface area (Å²) in [5.41, 5.74) is -4.04. The van der Waals surface area contributed by atoms with Crippen LogP contribution in [0, 0.1) is 65.0 Å². The summed E-state index contributed by atoms with van der Waals surface area (Å²) >= 11 is 0. The molecule has 2 aromatic heterocycles. The van der Waals surface area contributed by atoms with Gasteiger partial charge in [0.15, 0.2) is 0 Å². The van der Waals surface area contributed by atoms with Gasteiger partial charge in [0.2, 0.25) is 70.9 Å². The molecule has 5 aromatic carbocycles. The molecule has 8 bridgehead atoms. The monoisotopic (exact) mass is 1720 g/mol. The third-order valence-corrected chi connectivity index (χ3v) is 32.1. The number of benzene rings is 5. The van der Waals surface area contributed by atoms with Crippen molar-refractivity contribution in [2.75, 3.05) is 21.3 Å². The number of fused-ring (bicyclic) bond motifs is 14. The Kier molecular flexibility index (Phi) is 25.0. The molecule has 4 saturated heterocycles. The average Bonchev–Trinajstić information content (AvgIpc) is 0.791. The second-order valence-corrected chi connectivity index (χ2v) is 41.3. The molecule has 8 N–H and O–H groups in total. The van der Waals surface area contributed by atoms with Crippen molar-refractivity contribution < 1.29 is 57.5 Å². The highest BCUT2D eigenvalue weighted by atomic mass is 16.2. The van der Waals surface area contributed by atoms with Gasteiger partial charge in [-0.2, -0.15) is 0 Å². The normalized spacial score (nSPS) is 30.4. The fraction of sp³-hybridized carbons (Fsp3) is 0.596. The van der Waals surface area contributed by atoms with Crippen LogP contribution in [0.3, 0.4) is 0 Å². The Morgan fingerprint density at radius 2 is 0.429 bits per heavy atom. The van der Waals surface area contributed by atoms with Gasteiger partial charge >= 0.3 is 0 Å². The molecule has 22 nitrogen and oxygen atoms in total. The van der Waals surface area contributed by atoms with Crippen LogP contribution in [0.4, 0.5) is 22.7 Å². The summed E-state index contributed by atoms with van der Waals surface area (Å²) in [6, 6.07) is 32.1. The van der Waals surface area contributed by atoms with E-state index in [1.54, 1.807) is 0 Å². The number of hydrogen-bond donors (Lipinski definition) is 8. The minimum Gasteiger partial charge on any atom is -0.336 e. The summed E-state index contributed by atoms with van der Waals surface area (Å²) < 4.78 is 4.53. The topological polar surface area (TPSA) is 311 Å². The smallest absolute Gasteiger partial charge is 0.232 e. The van der Waals surface area contributed by atoms with Gasteiger partial charge in [-0.3, -0.25) is 78.8 Å². The van der Waals surface area contributed by atoms with Crippen LogP contribution < -0.4 is 42.5 Å². The molecule has 8 aliphatic rings. The fourth-order valence-electron chi connectivity index (χ4n) is 28.3. The summed E-state index contributed by atoms with van der Waals surface area (Å²) in [6.07, 6.45) is 18.7. The lowest BCUT2D eigenvalue weighted by Crippen LogP contribution is -2.65. The summed E-state index contributed by atoms with van der Waals surface area (Å²) in [4.78, 5) is 178. The van der Waals surface area contributed by atoms with Gasteiger partial charge < -0.3 is 30.4 Å². The minimum absolute atomic E-state index is 0.229. The van der Waals surface area contributed by atoms with E-state index < -0.39 is 65.0 Å². The lowest BCUT2D eigenvalue weighted by molar-refractivity contribution is -0.171. The molecule has 674 valence electrons. The Morgan fingerprint density at radius 3 is 0.595 bits per heavy atom. The Bertz CT molecular complexity index is 4790. The molecular weight excluding hydrogens is 1580 g/mol. The van der Waals surface area contributed by atoms with Crippen LogP contribution in [0.1, 0.15) is 325 Å². The maximum Gasteiger partial charge on any atom is 0.232 e. The molecule has 15 rings (SSSR count). The predicted octanol–water partition coefficient (Wildman–Crippen LogP) is 20.6. The number of piperidine rings is 4. The number of nitrogens with zero attached hydrogens (tertiary/aromatic N) is 2. The van der Waals surface area contributed by atoms with Crippen LogP contribution >= 0.6 is 0 Å². The van der Waals surface area contributed by atoms with Gasteiger partial charge in [-0.15, -0.1) is 0 Å². The minimum atomic E-state index is -1.05. The fourth-order valence-corrected chi connectivity index (χ4v) is 28.3. The van der Waals surface area contributed by atoms with Crippen molar-refractivity contribution in [3.63, 3.8) is 0 Å². The van der Waals surface area contributed by atoms with Gasteiger partial charge in [0, 0.05) is 79.5 Å². The first-order valence-corrected chi connectivity index (χ1v) is 48.2. The summed E-state index contributed by atoms with van der Waals surface area (Å²) in [7, 11) is 0. The van der Waals surface area contributed by atoms with Gasteiger partial charge in [-0.1, -0.05) is 184 Å². The van der Waals surface area contributed by atoms with Crippen molar-refractivity contribution in [2.45, 2.75) is 327 Å². The highest BCUT2D eigenvalue weighted by Gasteiger charge is 2.69. The van der Waals surface area contributed by atoms with Gasteiger partial charge in [-0.25, -0.2) is 0 Å². The number of carbonyl (C=O) groups excluding carboxylic acids is 12. The van der Waals surface area contributed by atoms with Crippen LogP contribution in [-0.2, 0) is 70.6 Å². The third-order valence-electron chi connectivity index (χ3n) is 32.1. The SMILES string of the molecule is CCCC1(C(=O)Nc2ccc3c(c2)c2cc(NC(=O)C4(CCC)C[C@@]5(CCC)C[C@@](CCC)(C4)C(=O)NC5=O)ccc2n3Cc2ccccc2Cn2c3ccc(NC(=O)C4(CCC)C[C@@]5(CCC)C[C@@](CCC)(C4)C(=O)NC5=O)cc3c3cc(NC(=O)C4(CCC)C[C@@]5(CCC)C[C@@](CCC)(C4)C(=O)NC5=O)ccc32)C[C@@]2(CCC)C[C@@](CCC)(C1)C(=O)NC2=O. The van der Waals surface area contributed by atoms with Gasteiger partial charge in [0.05, 0.1) is 65.0 Å². The zero-order valence-electron chi connectivity index (χ0n) is 76.9. The zero-order chi connectivity index (χ0) is 90.0. The van der Waals surface area contributed by atoms with Crippen LogP contribution in [0.15, 0.2) is 97.1 Å². The zero-order valence-corrected chi connectivity index (χ0v) is 76.9. The van der Waals surface area contributed by atoms with Crippen molar-refractivity contribution >= 4 is 137 Å². The van der Waals surface area contributed by atoms with Crippen molar-refractivity contribution in [3.8, 4) is 0 Å². The average molecular weight is 1720 g/mol. The van der Waals surface area contributed by atoms with Crippen molar-refractivity contribution in [1.82, 2.24) is 30.4 Å². The predicted molar refractivity (Wildman–Crippen MR) is 494 cm³/mol. The molecule has 4 unspecified atom stereocenters. The second-order valence-electron chi connectivity index (χ2n) is 41.3. The maximum absolute atomic E-state index is 15.8. The van der Waals surface area contributed by atoms with E-state index in [1.807, 2.05) is 140 Å². The highest BCUT2D eigenvalue weighted by Crippen LogP contribution is 2.67. The summed E-state index contributed by atoms with van der Waals surface area (Å²) in [5, 5.41) is 28.0. The molecule has 4 aliphatic heterocycles. The quantitative estimate of drug-likeness (QED) is 0.0170. The molecule has 12 amide bonds. The van der Waals surface area contributed by atoms with Crippen LogP contribution in [-0.4, -0.2) is 80.0 Å². The molecular formula is C104H136N10O12. The molecule has 126 heavy (non-hydrogen) atoms. The van der Waals surface area contributed by atoms with E-state index in [4.69, 9.17) is 0 Å². The van der Waals surface area contributed by atoms with Crippen LogP contribution in [0.2, 0.25) is 0 Å². The Balaban J connectivity index is 0.841. The number of carbonyl (C=O) groups is 12. The molecule has 0 spiro atoms. The van der Waals surface area contributed by atoms with Crippen molar-refractivity contribution in [1.29, 1.82) is 0 Å². The lowest BCUT2D eigenvalue weighted by Gasteiger charge is -2.57. The lowest BCUT2D eigenvalue weighted by atomic mass is 9.47. The van der Waals surface area contributed by atoms with Gasteiger partial charge in [0.25, 0.3) is 0 Å². The van der Waals surface area contributed by atoms with Crippen LogP contribution in [0.5, 0.6) is 0 Å². The number of anilines is 4.